The molecule has 1 aliphatic rings. The highest BCUT2D eigenvalue weighted by Crippen LogP contribution is 2.29. The molecule has 1 aromatic heterocycles. The van der Waals surface area contributed by atoms with Gasteiger partial charge in [0, 0.05) is 6.20 Å². The van der Waals surface area contributed by atoms with Gasteiger partial charge >= 0.3 is 0 Å². The van der Waals surface area contributed by atoms with Crippen LogP contribution in [0, 0.1) is 0 Å². The van der Waals surface area contributed by atoms with Crippen molar-refractivity contribution in [3.8, 4) is 5.69 Å². The van der Waals surface area contributed by atoms with E-state index >= 15 is 0 Å². The van der Waals surface area contributed by atoms with E-state index in [9.17, 15) is 0 Å². The van der Waals surface area contributed by atoms with Crippen LogP contribution in [-0.2, 0) is 4.74 Å². The zero-order valence-corrected chi connectivity index (χ0v) is 14.2. The van der Waals surface area contributed by atoms with Gasteiger partial charge in [0.1, 0.15) is 12.6 Å². The summed E-state index contributed by atoms with van der Waals surface area (Å²) in [7, 11) is 0. The van der Waals surface area contributed by atoms with Gasteiger partial charge < -0.3 is 9.30 Å². The first-order valence-electron chi connectivity index (χ1n) is 8.81. The maximum atomic E-state index is 5.99. The van der Waals surface area contributed by atoms with Crippen molar-refractivity contribution in [3.05, 3.63) is 102 Å². The Morgan fingerprint density at radius 2 is 1.58 bits per heavy atom. The van der Waals surface area contributed by atoms with E-state index in [0.717, 1.165) is 11.3 Å². The molecule has 2 heterocycles. The normalized spacial score (nSPS) is 16.5. The molecule has 3 heteroatoms. The summed E-state index contributed by atoms with van der Waals surface area (Å²) in [6, 6.07) is 29.2. The lowest BCUT2D eigenvalue weighted by Crippen LogP contribution is -2.07. The second-order valence-corrected chi connectivity index (χ2v) is 6.43. The van der Waals surface area contributed by atoms with Gasteiger partial charge in [-0.05, 0) is 35.2 Å². The minimum atomic E-state index is 0.0562. The van der Waals surface area contributed by atoms with E-state index in [0.29, 0.717) is 12.5 Å². The van der Waals surface area contributed by atoms with Crippen molar-refractivity contribution >= 4 is 16.8 Å². The van der Waals surface area contributed by atoms with Crippen molar-refractivity contribution in [1.82, 2.24) is 4.57 Å². The second-order valence-electron chi connectivity index (χ2n) is 6.43. The Morgan fingerprint density at radius 1 is 0.808 bits per heavy atom. The van der Waals surface area contributed by atoms with Gasteiger partial charge in [0.25, 0.3) is 0 Å². The molecule has 3 aromatic carbocycles. The van der Waals surface area contributed by atoms with E-state index in [-0.39, 0.29) is 6.04 Å². The number of hydrogen-bond acceptors (Lipinski definition) is 2. The standard InChI is InChI=1S/C23H18N2O/c1-2-8-17(9-3-1)20-16-26-23(24-20)19-11-5-7-13-22(19)25-15-14-18-10-4-6-12-21(18)25/h1-15,20H,16H2/t20-/m1/s1. The second kappa shape index (κ2) is 6.19. The van der Waals surface area contributed by atoms with E-state index in [1.807, 2.05) is 24.3 Å². The molecule has 0 saturated heterocycles. The first kappa shape index (κ1) is 15.0. The summed E-state index contributed by atoms with van der Waals surface area (Å²) in [5.74, 6) is 0.715. The third kappa shape index (κ3) is 2.49. The van der Waals surface area contributed by atoms with E-state index in [1.165, 1.54) is 16.5 Å². The summed E-state index contributed by atoms with van der Waals surface area (Å²) in [6.45, 7) is 0.583. The molecule has 0 bridgehead atoms. The maximum absolute atomic E-state index is 5.99. The number of rotatable bonds is 3. The lowest BCUT2D eigenvalue weighted by molar-refractivity contribution is 0.320. The van der Waals surface area contributed by atoms with Crippen LogP contribution in [0.15, 0.2) is 96.1 Å². The number of para-hydroxylation sites is 2. The average molecular weight is 338 g/mol. The Labute approximate surface area is 152 Å². The number of fused-ring (bicyclic) bond motifs is 1. The number of benzene rings is 3. The predicted octanol–water partition coefficient (Wildman–Crippen LogP) is 5.15. The van der Waals surface area contributed by atoms with Crippen molar-refractivity contribution in [3.63, 3.8) is 0 Å². The molecule has 4 aromatic rings. The molecule has 0 unspecified atom stereocenters. The SMILES string of the molecule is c1ccc([C@H]2COC(c3ccccc3-n3ccc4ccccc43)=N2)cc1. The summed E-state index contributed by atoms with van der Waals surface area (Å²) in [5.41, 5.74) is 4.47. The fraction of sp³-hybridized carbons (Fsp3) is 0.0870. The zero-order chi connectivity index (χ0) is 17.3. The monoisotopic (exact) mass is 338 g/mol. The molecular weight excluding hydrogens is 320 g/mol. The minimum absolute atomic E-state index is 0.0562. The van der Waals surface area contributed by atoms with Crippen LogP contribution >= 0.6 is 0 Å². The molecule has 26 heavy (non-hydrogen) atoms. The largest absolute Gasteiger partial charge is 0.475 e. The Kier molecular flexibility index (Phi) is 3.56. The fourth-order valence-electron chi connectivity index (χ4n) is 3.52. The van der Waals surface area contributed by atoms with Crippen LogP contribution in [0.5, 0.6) is 0 Å². The van der Waals surface area contributed by atoms with Crippen molar-refractivity contribution in [2.24, 2.45) is 4.99 Å². The first-order valence-corrected chi connectivity index (χ1v) is 8.81. The Bertz CT molecular complexity index is 1100. The maximum Gasteiger partial charge on any atom is 0.219 e. The highest BCUT2D eigenvalue weighted by Gasteiger charge is 2.23. The van der Waals surface area contributed by atoms with Gasteiger partial charge in [-0.1, -0.05) is 60.7 Å². The van der Waals surface area contributed by atoms with Gasteiger partial charge in [-0.3, -0.25) is 0 Å². The molecule has 1 atom stereocenters. The molecule has 0 aliphatic carbocycles. The summed E-state index contributed by atoms with van der Waals surface area (Å²) in [4.78, 5) is 4.86. The molecule has 126 valence electrons. The topological polar surface area (TPSA) is 26.5 Å². The molecule has 3 nitrogen and oxygen atoms in total. The highest BCUT2D eigenvalue weighted by molar-refractivity contribution is 5.99. The van der Waals surface area contributed by atoms with Gasteiger partial charge in [0.05, 0.1) is 16.8 Å². The van der Waals surface area contributed by atoms with Crippen LogP contribution < -0.4 is 0 Å². The third-order valence-corrected chi connectivity index (χ3v) is 4.83. The summed E-state index contributed by atoms with van der Waals surface area (Å²) in [5, 5.41) is 1.22. The molecule has 0 N–H and O–H groups in total. The summed E-state index contributed by atoms with van der Waals surface area (Å²) < 4.78 is 8.19. The zero-order valence-electron chi connectivity index (χ0n) is 14.2. The van der Waals surface area contributed by atoms with Crippen molar-refractivity contribution in [2.45, 2.75) is 6.04 Å². The predicted molar refractivity (Wildman–Crippen MR) is 105 cm³/mol. The van der Waals surface area contributed by atoms with Gasteiger partial charge in [-0.2, -0.15) is 0 Å². The van der Waals surface area contributed by atoms with Crippen LogP contribution in [0.1, 0.15) is 17.2 Å². The fourth-order valence-corrected chi connectivity index (χ4v) is 3.52. The van der Waals surface area contributed by atoms with E-state index < -0.39 is 0 Å². The number of aromatic nitrogens is 1. The highest BCUT2D eigenvalue weighted by atomic mass is 16.5. The molecule has 1 aliphatic heterocycles. The quantitative estimate of drug-likeness (QED) is 0.507. The number of nitrogens with zero attached hydrogens (tertiary/aromatic N) is 2. The Morgan fingerprint density at radius 3 is 2.50 bits per heavy atom. The van der Waals surface area contributed by atoms with E-state index in [4.69, 9.17) is 9.73 Å². The number of aliphatic imine (C=N–C) groups is 1. The summed E-state index contributed by atoms with van der Waals surface area (Å²) in [6.07, 6.45) is 2.10. The van der Waals surface area contributed by atoms with Gasteiger partial charge in [-0.15, -0.1) is 0 Å². The number of ether oxygens (including phenoxy) is 1. The van der Waals surface area contributed by atoms with Crippen LogP contribution in [0.2, 0.25) is 0 Å². The van der Waals surface area contributed by atoms with Crippen LogP contribution in [-0.4, -0.2) is 17.1 Å². The number of hydrogen-bond donors (Lipinski definition) is 0. The van der Waals surface area contributed by atoms with Gasteiger partial charge in [0.2, 0.25) is 5.90 Å². The van der Waals surface area contributed by atoms with Crippen molar-refractivity contribution in [1.29, 1.82) is 0 Å². The van der Waals surface area contributed by atoms with Crippen LogP contribution in [0.4, 0.5) is 0 Å². The minimum Gasteiger partial charge on any atom is -0.475 e. The van der Waals surface area contributed by atoms with Gasteiger partial charge in [-0.25, -0.2) is 4.99 Å². The lowest BCUT2D eigenvalue weighted by Gasteiger charge is -2.11. The molecule has 0 fully saturated rings. The molecule has 5 rings (SSSR count). The third-order valence-electron chi connectivity index (χ3n) is 4.83. The molecule has 0 radical (unpaired) electrons. The Hall–Kier alpha value is -3.33. The molecule has 0 amide bonds. The van der Waals surface area contributed by atoms with Crippen LogP contribution in [0.3, 0.4) is 0 Å². The van der Waals surface area contributed by atoms with Crippen molar-refractivity contribution in [2.75, 3.05) is 6.61 Å². The average Bonchev–Trinajstić information content (AvgIpc) is 3.36. The Balaban J connectivity index is 1.59. The van der Waals surface area contributed by atoms with Crippen LogP contribution in [0.25, 0.3) is 16.6 Å². The first-order chi connectivity index (χ1) is 12.9. The van der Waals surface area contributed by atoms with Crippen molar-refractivity contribution < 1.29 is 4.74 Å². The molecule has 0 saturated carbocycles. The smallest absolute Gasteiger partial charge is 0.219 e. The lowest BCUT2D eigenvalue weighted by atomic mass is 10.1. The summed E-state index contributed by atoms with van der Waals surface area (Å²) >= 11 is 0. The van der Waals surface area contributed by atoms with Gasteiger partial charge in [0.15, 0.2) is 0 Å². The molecule has 0 spiro atoms. The molecular formula is C23H18N2O. The van der Waals surface area contributed by atoms with E-state index in [2.05, 4.69) is 71.4 Å². The van der Waals surface area contributed by atoms with E-state index in [1.54, 1.807) is 0 Å².